The van der Waals surface area contributed by atoms with Gasteiger partial charge in [0.25, 0.3) is 0 Å². The van der Waals surface area contributed by atoms with Crippen molar-refractivity contribution >= 4 is 23.4 Å². The fraction of sp³-hybridized carbons (Fsp3) is 0.462. The van der Waals surface area contributed by atoms with Gasteiger partial charge >= 0.3 is 0 Å². The number of hydrogen-bond donors (Lipinski definition) is 2. The number of amides is 1. The van der Waals surface area contributed by atoms with Gasteiger partial charge in [0.1, 0.15) is 5.75 Å². The highest BCUT2D eigenvalue weighted by Gasteiger charge is 2.10. The molecule has 1 rings (SSSR count). The molecule has 106 valence electrons. The summed E-state index contributed by atoms with van der Waals surface area (Å²) in [5.74, 6) is 0.977. The fourth-order valence-corrected chi connectivity index (χ4v) is 2.37. The highest BCUT2D eigenvalue weighted by atomic mass is 32.2. The van der Waals surface area contributed by atoms with Gasteiger partial charge in [-0.1, -0.05) is 0 Å². The first-order valence-corrected chi connectivity index (χ1v) is 6.90. The van der Waals surface area contributed by atoms with Crippen LogP contribution >= 0.6 is 11.8 Å². The van der Waals surface area contributed by atoms with Crippen LogP contribution in [0.25, 0.3) is 0 Å². The van der Waals surface area contributed by atoms with E-state index >= 15 is 0 Å². The molecular formula is C13H20N2O3S. The van der Waals surface area contributed by atoms with Gasteiger partial charge in [-0.3, -0.25) is 4.79 Å². The molecule has 3 N–H and O–H groups in total. The summed E-state index contributed by atoms with van der Waals surface area (Å²) in [6.45, 7) is 2.40. The second-order valence-corrected chi connectivity index (χ2v) is 5.14. The van der Waals surface area contributed by atoms with Crippen molar-refractivity contribution in [1.29, 1.82) is 0 Å². The third-order valence-electron chi connectivity index (χ3n) is 2.37. The summed E-state index contributed by atoms with van der Waals surface area (Å²) < 4.78 is 10.2. The minimum absolute atomic E-state index is 0.00594. The molecule has 1 atom stereocenters. The van der Waals surface area contributed by atoms with E-state index in [0.29, 0.717) is 23.8 Å². The Balaban J connectivity index is 2.50. The summed E-state index contributed by atoms with van der Waals surface area (Å²) in [4.78, 5) is 12.6. The number of nitrogens with one attached hydrogen (secondary N) is 1. The van der Waals surface area contributed by atoms with Crippen LogP contribution in [-0.4, -0.2) is 38.5 Å². The number of nitrogens with two attached hydrogens (primary N) is 1. The normalized spacial score (nSPS) is 11.9. The van der Waals surface area contributed by atoms with Crippen LogP contribution in [0.5, 0.6) is 5.75 Å². The van der Waals surface area contributed by atoms with Gasteiger partial charge in [-0.05, 0) is 19.1 Å². The lowest BCUT2D eigenvalue weighted by molar-refractivity contribution is -0.119. The number of rotatable bonds is 7. The van der Waals surface area contributed by atoms with Crippen LogP contribution in [-0.2, 0) is 9.53 Å². The number of carbonyl (C=O) groups is 1. The van der Waals surface area contributed by atoms with E-state index in [-0.39, 0.29) is 11.9 Å². The van der Waals surface area contributed by atoms with Gasteiger partial charge in [0.2, 0.25) is 5.91 Å². The molecule has 0 heterocycles. The first-order valence-electron chi connectivity index (χ1n) is 5.91. The van der Waals surface area contributed by atoms with E-state index < -0.39 is 0 Å². The van der Waals surface area contributed by atoms with Crippen molar-refractivity contribution in [3.05, 3.63) is 18.2 Å². The van der Waals surface area contributed by atoms with E-state index in [1.54, 1.807) is 26.4 Å². The first kappa shape index (κ1) is 15.7. The molecule has 0 aliphatic rings. The molecule has 0 fully saturated rings. The van der Waals surface area contributed by atoms with Crippen LogP contribution in [0.3, 0.4) is 0 Å². The molecule has 0 spiro atoms. The van der Waals surface area contributed by atoms with Crippen LogP contribution < -0.4 is 15.8 Å². The highest BCUT2D eigenvalue weighted by Crippen LogP contribution is 2.30. The molecule has 1 amide bonds. The second kappa shape index (κ2) is 7.91. The molecule has 1 aromatic rings. The number of methoxy groups -OCH3 is 2. The zero-order valence-corrected chi connectivity index (χ0v) is 12.3. The fourth-order valence-electron chi connectivity index (χ4n) is 1.55. The van der Waals surface area contributed by atoms with Crippen molar-refractivity contribution in [3.8, 4) is 5.75 Å². The van der Waals surface area contributed by atoms with Crippen LogP contribution in [0, 0.1) is 0 Å². The van der Waals surface area contributed by atoms with E-state index in [1.807, 2.05) is 13.0 Å². The van der Waals surface area contributed by atoms with E-state index in [1.165, 1.54) is 11.8 Å². The average molecular weight is 284 g/mol. The second-order valence-electron chi connectivity index (χ2n) is 4.12. The van der Waals surface area contributed by atoms with Crippen LogP contribution in [0.15, 0.2) is 23.1 Å². The van der Waals surface area contributed by atoms with Crippen molar-refractivity contribution in [1.82, 2.24) is 5.32 Å². The summed E-state index contributed by atoms with van der Waals surface area (Å²) >= 11 is 1.42. The number of anilines is 1. The van der Waals surface area contributed by atoms with Crippen molar-refractivity contribution in [2.24, 2.45) is 0 Å². The van der Waals surface area contributed by atoms with Crippen molar-refractivity contribution < 1.29 is 14.3 Å². The van der Waals surface area contributed by atoms with Gasteiger partial charge in [0.05, 0.1) is 19.5 Å². The predicted octanol–water partition coefficient (Wildman–Crippen LogP) is 1.52. The molecule has 0 aromatic heterocycles. The van der Waals surface area contributed by atoms with E-state index in [0.717, 1.165) is 4.90 Å². The number of nitrogen functional groups attached to an aromatic ring is 1. The smallest absolute Gasteiger partial charge is 0.230 e. The number of carbonyl (C=O) groups excluding carboxylic acids is 1. The summed E-state index contributed by atoms with van der Waals surface area (Å²) in [6, 6.07) is 5.39. The van der Waals surface area contributed by atoms with Crippen molar-refractivity contribution in [2.45, 2.75) is 17.9 Å². The standard InChI is InChI=1S/C13H20N2O3S/c1-9(7-17-2)15-13(16)8-19-12-5-4-10(14)6-11(12)18-3/h4-6,9H,7-8,14H2,1-3H3,(H,15,16). The third kappa shape index (κ3) is 5.40. The van der Waals surface area contributed by atoms with Gasteiger partial charge in [0.15, 0.2) is 0 Å². The molecule has 0 radical (unpaired) electrons. The topological polar surface area (TPSA) is 73.6 Å². The lowest BCUT2D eigenvalue weighted by Gasteiger charge is -2.13. The minimum atomic E-state index is -0.0339. The summed E-state index contributed by atoms with van der Waals surface area (Å²) in [5, 5.41) is 2.85. The Morgan fingerprint density at radius 3 is 2.84 bits per heavy atom. The number of ether oxygens (including phenoxy) is 2. The van der Waals surface area contributed by atoms with Crippen LogP contribution in [0.2, 0.25) is 0 Å². The molecule has 5 nitrogen and oxygen atoms in total. The Bertz CT molecular complexity index is 426. The predicted molar refractivity (Wildman–Crippen MR) is 77.6 cm³/mol. The van der Waals surface area contributed by atoms with E-state index in [9.17, 15) is 4.79 Å². The maximum atomic E-state index is 11.7. The van der Waals surface area contributed by atoms with Gasteiger partial charge in [-0.25, -0.2) is 0 Å². The third-order valence-corrected chi connectivity index (χ3v) is 3.43. The van der Waals surface area contributed by atoms with Crippen molar-refractivity contribution in [2.75, 3.05) is 32.3 Å². The molecule has 6 heteroatoms. The minimum Gasteiger partial charge on any atom is -0.496 e. The Morgan fingerprint density at radius 2 is 2.21 bits per heavy atom. The molecule has 0 saturated heterocycles. The molecule has 0 saturated carbocycles. The lowest BCUT2D eigenvalue weighted by atomic mass is 10.3. The molecule has 0 aliphatic carbocycles. The quantitative estimate of drug-likeness (QED) is 0.586. The molecule has 1 aromatic carbocycles. The summed E-state index contributed by atoms with van der Waals surface area (Å²) in [7, 11) is 3.19. The maximum Gasteiger partial charge on any atom is 0.230 e. The first-order chi connectivity index (χ1) is 9.06. The number of thioether (sulfide) groups is 1. The Hall–Kier alpha value is -1.40. The van der Waals surface area contributed by atoms with E-state index in [4.69, 9.17) is 15.2 Å². The zero-order chi connectivity index (χ0) is 14.3. The van der Waals surface area contributed by atoms with Gasteiger partial charge in [-0.2, -0.15) is 0 Å². The molecule has 0 bridgehead atoms. The zero-order valence-electron chi connectivity index (χ0n) is 11.4. The summed E-state index contributed by atoms with van der Waals surface area (Å²) in [6.07, 6.45) is 0. The van der Waals surface area contributed by atoms with Crippen LogP contribution in [0.1, 0.15) is 6.92 Å². The number of hydrogen-bond acceptors (Lipinski definition) is 5. The lowest BCUT2D eigenvalue weighted by Crippen LogP contribution is -2.36. The SMILES string of the molecule is COCC(C)NC(=O)CSc1ccc(N)cc1OC. The number of benzene rings is 1. The Labute approximate surface area is 117 Å². The van der Waals surface area contributed by atoms with E-state index in [2.05, 4.69) is 5.32 Å². The average Bonchev–Trinajstić information content (AvgIpc) is 2.37. The monoisotopic (exact) mass is 284 g/mol. The van der Waals surface area contributed by atoms with Gasteiger partial charge < -0.3 is 20.5 Å². The Morgan fingerprint density at radius 1 is 1.47 bits per heavy atom. The molecular weight excluding hydrogens is 264 g/mol. The van der Waals surface area contributed by atoms with Crippen LogP contribution in [0.4, 0.5) is 5.69 Å². The summed E-state index contributed by atoms with van der Waals surface area (Å²) in [5.41, 5.74) is 6.31. The molecule has 1 unspecified atom stereocenters. The maximum absolute atomic E-state index is 11.7. The van der Waals surface area contributed by atoms with Gasteiger partial charge in [0, 0.05) is 29.8 Å². The highest BCUT2D eigenvalue weighted by molar-refractivity contribution is 8.00. The molecule has 0 aliphatic heterocycles. The van der Waals surface area contributed by atoms with Crippen molar-refractivity contribution in [3.63, 3.8) is 0 Å². The van der Waals surface area contributed by atoms with Gasteiger partial charge in [-0.15, -0.1) is 11.8 Å². The molecule has 19 heavy (non-hydrogen) atoms. The Kier molecular flexibility index (Phi) is 6.52. The largest absolute Gasteiger partial charge is 0.496 e.